The first kappa shape index (κ1) is 17.2. The van der Waals surface area contributed by atoms with Gasteiger partial charge in [-0.15, -0.1) is 0 Å². The molecule has 0 amide bonds. The Hall–Kier alpha value is -1.20. The van der Waals surface area contributed by atoms with Crippen molar-refractivity contribution in [3.63, 3.8) is 0 Å². The van der Waals surface area contributed by atoms with Gasteiger partial charge in [0.05, 0.1) is 6.61 Å². The number of hydrogen-bond acceptors (Lipinski definition) is 3. The first-order valence-electron chi connectivity index (χ1n) is 7.77. The van der Waals surface area contributed by atoms with Crippen LogP contribution < -0.4 is 4.74 Å². The van der Waals surface area contributed by atoms with Crippen molar-refractivity contribution in [1.29, 1.82) is 0 Å². The molecule has 1 atom stereocenters. The summed E-state index contributed by atoms with van der Waals surface area (Å²) in [5.74, 6) is 3.58. The van der Waals surface area contributed by atoms with Crippen molar-refractivity contribution in [3.05, 3.63) is 46.5 Å². The van der Waals surface area contributed by atoms with Crippen LogP contribution in [0.3, 0.4) is 0 Å². The molecular weight excluding hydrogens is 312 g/mol. The molecule has 3 nitrogen and oxygen atoms in total. The van der Waals surface area contributed by atoms with Crippen molar-refractivity contribution in [3.8, 4) is 5.75 Å². The number of aromatic amines is 2. The largest absolute Gasteiger partial charge is 0.493 e. The predicted octanol–water partition coefficient (Wildman–Crippen LogP) is 4.97. The van der Waals surface area contributed by atoms with Crippen LogP contribution in [0.2, 0.25) is 0 Å². The molecule has 0 bridgehead atoms. The van der Waals surface area contributed by atoms with Gasteiger partial charge in [0.2, 0.25) is 0 Å². The Morgan fingerprint density at radius 1 is 1.23 bits per heavy atom. The minimum absolute atomic E-state index is 0.567. The summed E-state index contributed by atoms with van der Waals surface area (Å²) in [6.45, 7) is 5.16. The average molecular weight is 337 g/mol. The monoisotopic (exact) mass is 336 g/mol. The molecule has 2 rings (SSSR count). The molecule has 0 saturated heterocycles. The second-order valence-electron chi connectivity index (χ2n) is 5.37. The van der Waals surface area contributed by atoms with Crippen LogP contribution in [0.15, 0.2) is 30.5 Å². The van der Waals surface area contributed by atoms with E-state index in [1.807, 2.05) is 18.0 Å². The highest BCUT2D eigenvalue weighted by Crippen LogP contribution is 2.19. The van der Waals surface area contributed by atoms with Gasteiger partial charge in [-0.25, -0.2) is 0 Å². The number of rotatable bonds is 9. The third-order valence-corrected chi connectivity index (χ3v) is 5.10. The lowest BCUT2D eigenvalue weighted by Crippen LogP contribution is -2.14. The van der Waals surface area contributed by atoms with Crippen LogP contribution in [-0.2, 0) is 12.2 Å². The molecule has 0 spiro atoms. The molecule has 2 aromatic rings. The maximum Gasteiger partial charge on any atom is 0.174 e. The zero-order chi connectivity index (χ0) is 15.8. The molecule has 0 radical (unpaired) electrons. The van der Waals surface area contributed by atoms with Gasteiger partial charge < -0.3 is 14.7 Å². The second-order valence-corrected chi connectivity index (χ2v) is 6.80. The second kappa shape index (κ2) is 9.06. The number of aryl methyl sites for hydroxylation is 1. The van der Waals surface area contributed by atoms with Gasteiger partial charge >= 0.3 is 0 Å². The van der Waals surface area contributed by atoms with Gasteiger partial charge in [0.1, 0.15) is 5.75 Å². The van der Waals surface area contributed by atoms with Crippen molar-refractivity contribution >= 4 is 24.0 Å². The van der Waals surface area contributed by atoms with Gasteiger partial charge in [0, 0.05) is 23.6 Å². The van der Waals surface area contributed by atoms with E-state index in [1.165, 1.54) is 5.56 Å². The van der Waals surface area contributed by atoms with Gasteiger partial charge in [-0.3, -0.25) is 0 Å². The minimum Gasteiger partial charge on any atom is -0.493 e. The maximum absolute atomic E-state index is 5.92. The van der Waals surface area contributed by atoms with E-state index >= 15 is 0 Å². The highest BCUT2D eigenvalue weighted by Gasteiger charge is 2.08. The van der Waals surface area contributed by atoms with E-state index in [-0.39, 0.29) is 0 Å². The number of H-pyrrole nitrogens is 2. The standard InChI is InChI=1S/C17H24N2OS2/c1-3-13-5-7-16(8-6-13)20-10-14(4-2)11-22-12-15-9-18-17(21)19-15/h5-9,14H,3-4,10-12H2,1-2H3,(H2,18,19,21). The summed E-state index contributed by atoms with van der Waals surface area (Å²) in [6.07, 6.45) is 4.14. The summed E-state index contributed by atoms with van der Waals surface area (Å²) < 4.78 is 6.62. The van der Waals surface area contributed by atoms with E-state index in [2.05, 4.69) is 48.1 Å². The number of imidazole rings is 1. The van der Waals surface area contributed by atoms with Crippen LogP contribution in [0.5, 0.6) is 5.75 Å². The lowest BCUT2D eigenvalue weighted by Gasteiger charge is -2.15. The number of ether oxygens (including phenoxy) is 1. The molecule has 0 aliphatic carbocycles. The van der Waals surface area contributed by atoms with Crippen LogP contribution in [0.1, 0.15) is 31.5 Å². The van der Waals surface area contributed by atoms with E-state index in [1.54, 1.807) is 0 Å². The Labute approximate surface area is 141 Å². The molecule has 0 saturated carbocycles. The highest BCUT2D eigenvalue weighted by atomic mass is 32.2. The molecule has 0 fully saturated rings. The van der Waals surface area contributed by atoms with Crippen molar-refractivity contribution in [2.75, 3.05) is 12.4 Å². The van der Waals surface area contributed by atoms with Crippen LogP contribution in [0.25, 0.3) is 0 Å². The zero-order valence-corrected chi connectivity index (χ0v) is 14.9. The predicted molar refractivity (Wildman–Crippen MR) is 97.2 cm³/mol. The molecule has 5 heteroatoms. The molecule has 0 aliphatic heterocycles. The summed E-state index contributed by atoms with van der Waals surface area (Å²) in [7, 11) is 0. The summed E-state index contributed by atoms with van der Waals surface area (Å²) >= 11 is 6.95. The fourth-order valence-electron chi connectivity index (χ4n) is 2.10. The average Bonchev–Trinajstić information content (AvgIpc) is 2.96. The quantitative estimate of drug-likeness (QED) is 0.635. The number of benzene rings is 1. The Kier molecular flexibility index (Phi) is 7.06. The molecule has 0 aliphatic rings. The first-order chi connectivity index (χ1) is 10.7. The highest BCUT2D eigenvalue weighted by molar-refractivity contribution is 7.98. The smallest absolute Gasteiger partial charge is 0.174 e. The Morgan fingerprint density at radius 3 is 2.59 bits per heavy atom. The van der Waals surface area contributed by atoms with E-state index in [0.717, 1.165) is 42.4 Å². The summed E-state index contributed by atoms with van der Waals surface area (Å²) in [4.78, 5) is 6.14. The minimum atomic E-state index is 0.567. The lowest BCUT2D eigenvalue weighted by atomic mass is 10.1. The van der Waals surface area contributed by atoms with Crippen LogP contribution in [-0.4, -0.2) is 22.3 Å². The van der Waals surface area contributed by atoms with Gasteiger partial charge in [-0.05, 0) is 48.5 Å². The molecule has 1 unspecified atom stereocenters. The Balaban J connectivity index is 1.72. The molecule has 2 N–H and O–H groups in total. The summed E-state index contributed by atoms with van der Waals surface area (Å²) in [6, 6.07) is 8.41. The Bertz CT molecular complexity index is 604. The van der Waals surface area contributed by atoms with Crippen molar-refractivity contribution in [2.24, 2.45) is 5.92 Å². The van der Waals surface area contributed by atoms with E-state index in [9.17, 15) is 0 Å². The van der Waals surface area contributed by atoms with E-state index in [4.69, 9.17) is 17.0 Å². The van der Waals surface area contributed by atoms with E-state index in [0.29, 0.717) is 10.7 Å². The van der Waals surface area contributed by atoms with Crippen LogP contribution in [0.4, 0.5) is 0 Å². The van der Waals surface area contributed by atoms with Crippen LogP contribution in [0, 0.1) is 10.7 Å². The van der Waals surface area contributed by atoms with Gasteiger partial charge in [-0.1, -0.05) is 26.0 Å². The first-order valence-corrected chi connectivity index (χ1v) is 9.33. The molecule has 1 aromatic carbocycles. The fraction of sp³-hybridized carbons (Fsp3) is 0.471. The third-order valence-electron chi connectivity index (χ3n) is 3.66. The van der Waals surface area contributed by atoms with Gasteiger partial charge in [-0.2, -0.15) is 11.8 Å². The topological polar surface area (TPSA) is 40.8 Å². The number of aromatic nitrogens is 2. The fourth-order valence-corrected chi connectivity index (χ4v) is 3.45. The number of hydrogen-bond donors (Lipinski definition) is 2. The molecule has 1 heterocycles. The lowest BCUT2D eigenvalue weighted by molar-refractivity contribution is 0.259. The van der Waals surface area contributed by atoms with E-state index < -0.39 is 0 Å². The van der Waals surface area contributed by atoms with Crippen LogP contribution >= 0.6 is 24.0 Å². The summed E-state index contributed by atoms with van der Waals surface area (Å²) in [5.41, 5.74) is 2.50. The molecule has 1 aromatic heterocycles. The molecule has 120 valence electrons. The third kappa shape index (κ3) is 5.54. The van der Waals surface area contributed by atoms with Gasteiger partial charge in [0.15, 0.2) is 4.77 Å². The number of nitrogens with one attached hydrogen (secondary N) is 2. The molecular formula is C17H24N2OS2. The normalized spacial score (nSPS) is 12.3. The summed E-state index contributed by atoms with van der Waals surface area (Å²) in [5, 5.41) is 0. The SMILES string of the molecule is CCc1ccc(OCC(CC)CSCc2c[nH]c(=S)[nH]2)cc1. The maximum atomic E-state index is 5.92. The molecule has 22 heavy (non-hydrogen) atoms. The number of thioether (sulfide) groups is 1. The van der Waals surface area contributed by atoms with Crippen molar-refractivity contribution in [1.82, 2.24) is 9.97 Å². The van der Waals surface area contributed by atoms with Crippen molar-refractivity contribution < 1.29 is 4.74 Å². The van der Waals surface area contributed by atoms with Gasteiger partial charge in [0.25, 0.3) is 0 Å². The zero-order valence-electron chi connectivity index (χ0n) is 13.2. The Morgan fingerprint density at radius 2 is 2.00 bits per heavy atom. The van der Waals surface area contributed by atoms with Crippen molar-refractivity contribution in [2.45, 2.75) is 32.4 Å².